The molecule has 0 spiro atoms. The smallest absolute Gasteiger partial charge is 0.0473 e. The summed E-state index contributed by atoms with van der Waals surface area (Å²) in [4.78, 5) is 1.41. The van der Waals surface area contributed by atoms with E-state index >= 15 is 0 Å². The predicted octanol–water partition coefficient (Wildman–Crippen LogP) is 3.49. The Balaban J connectivity index is 2.04. The molecule has 17 heavy (non-hydrogen) atoms. The van der Waals surface area contributed by atoms with Crippen LogP contribution in [0.3, 0.4) is 0 Å². The highest BCUT2D eigenvalue weighted by atomic mass is 127. The van der Waals surface area contributed by atoms with Crippen LogP contribution in [0, 0.1) is 3.57 Å². The van der Waals surface area contributed by atoms with Gasteiger partial charge in [-0.3, -0.25) is 11.3 Å². The normalized spacial score (nSPS) is 12.6. The van der Waals surface area contributed by atoms with Crippen molar-refractivity contribution in [3.05, 3.63) is 55.8 Å². The average Bonchev–Trinajstić information content (AvgIpc) is 2.85. The highest BCUT2D eigenvalue weighted by Crippen LogP contribution is 2.24. The van der Waals surface area contributed by atoms with Gasteiger partial charge >= 0.3 is 0 Å². The van der Waals surface area contributed by atoms with Crippen LogP contribution in [0.25, 0.3) is 0 Å². The third-order valence-corrected chi connectivity index (χ3v) is 4.66. The number of hydrogen-bond donors (Lipinski definition) is 2. The lowest BCUT2D eigenvalue weighted by molar-refractivity contribution is 0.516. The molecule has 0 saturated carbocycles. The first-order chi connectivity index (χ1) is 8.31. The average molecular weight is 358 g/mol. The molecule has 1 aromatic carbocycles. The van der Waals surface area contributed by atoms with Gasteiger partial charge in [0.15, 0.2) is 0 Å². The Labute approximate surface area is 119 Å². The summed E-state index contributed by atoms with van der Waals surface area (Å²) in [5, 5.41) is 2.12. The van der Waals surface area contributed by atoms with Gasteiger partial charge in [-0.1, -0.05) is 24.3 Å². The molecule has 1 heterocycles. The first-order valence-electron chi connectivity index (χ1n) is 5.54. The van der Waals surface area contributed by atoms with E-state index in [1.54, 1.807) is 11.3 Å². The number of benzene rings is 1. The minimum absolute atomic E-state index is 0.227. The van der Waals surface area contributed by atoms with E-state index in [9.17, 15) is 0 Å². The van der Waals surface area contributed by atoms with Gasteiger partial charge in [0.05, 0.1) is 0 Å². The quantitative estimate of drug-likeness (QED) is 0.488. The van der Waals surface area contributed by atoms with Crippen LogP contribution < -0.4 is 11.3 Å². The number of aryl methyl sites for hydroxylation is 1. The van der Waals surface area contributed by atoms with E-state index in [2.05, 4.69) is 69.8 Å². The largest absolute Gasteiger partial charge is 0.271 e. The lowest BCUT2D eigenvalue weighted by Gasteiger charge is -2.17. The van der Waals surface area contributed by atoms with Gasteiger partial charge in [-0.2, -0.15) is 0 Å². The Morgan fingerprint density at radius 1 is 1.24 bits per heavy atom. The number of halogens is 1. The summed E-state index contributed by atoms with van der Waals surface area (Å²) < 4.78 is 1.26. The molecular formula is C13H15IN2S. The number of hydrazine groups is 1. The minimum atomic E-state index is 0.227. The predicted molar refractivity (Wildman–Crippen MR) is 81.9 cm³/mol. The van der Waals surface area contributed by atoms with Crippen LogP contribution in [0.1, 0.15) is 22.9 Å². The summed E-state index contributed by atoms with van der Waals surface area (Å²) in [6, 6.07) is 12.9. The van der Waals surface area contributed by atoms with E-state index < -0.39 is 0 Å². The van der Waals surface area contributed by atoms with Crippen molar-refractivity contribution in [2.24, 2.45) is 5.84 Å². The summed E-state index contributed by atoms with van der Waals surface area (Å²) in [5.74, 6) is 5.66. The van der Waals surface area contributed by atoms with Gasteiger partial charge in [0.25, 0.3) is 0 Å². The van der Waals surface area contributed by atoms with Crippen molar-refractivity contribution in [3.8, 4) is 0 Å². The van der Waals surface area contributed by atoms with Gasteiger partial charge < -0.3 is 0 Å². The molecule has 90 valence electrons. The number of nitrogens with two attached hydrogens (primary N) is 1. The third-order valence-electron chi connectivity index (χ3n) is 2.74. The molecule has 2 rings (SSSR count). The van der Waals surface area contributed by atoms with Crippen LogP contribution in [-0.4, -0.2) is 0 Å². The van der Waals surface area contributed by atoms with Crippen LogP contribution in [0.2, 0.25) is 0 Å². The Hall–Kier alpha value is -0.430. The second-order valence-corrected chi connectivity index (χ2v) is 6.05. The second kappa shape index (κ2) is 6.49. The standard InChI is InChI=1S/C13H15IN2S/c14-12-6-2-1-5-11(12)13(16-15)8-7-10-4-3-9-17-10/h1-6,9,13,16H,7-8,15H2. The summed E-state index contributed by atoms with van der Waals surface area (Å²) in [6.07, 6.45) is 2.09. The van der Waals surface area contributed by atoms with Gasteiger partial charge in [-0.15, -0.1) is 11.3 Å². The van der Waals surface area contributed by atoms with Crippen LogP contribution >= 0.6 is 33.9 Å². The van der Waals surface area contributed by atoms with Gasteiger partial charge in [-0.05, 0) is 58.5 Å². The summed E-state index contributed by atoms with van der Waals surface area (Å²) in [5.41, 5.74) is 4.21. The lowest BCUT2D eigenvalue weighted by Crippen LogP contribution is -2.28. The van der Waals surface area contributed by atoms with Crippen LogP contribution in [0.15, 0.2) is 41.8 Å². The molecule has 0 radical (unpaired) electrons. The molecule has 3 N–H and O–H groups in total. The molecule has 0 aliphatic rings. The number of hydrogen-bond acceptors (Lipinski definition) is 3. The maximum atomic E-state index is 5.66. The number of nitrogens with one attached hydrogen (secondary N) is 1. The van der Waals surface area contributed by atoms with E-state index in [-0.39, 0.29) is 6.04 Å². The van der Waals surface area contributed by atoms with Crippen LogP contribution in [-0.2, 0) is 6.42 Å². The fourth-order valence-electron chi connectivity index (χ4n) is 1.83. The van der Waals surface area contributed by atoms with Gasteiger partial charge in [0.2, 0.25) is 0 Å². The number of thiophene rings is 1. The van der Waals surface area contributed by atoms with E-state index in [4.69, 9.17) is 5.84 Å². The van der Waals surface area contributed by atoms with E-state index in [1.807, 2.05) is 0 Å². The molecule has 0 saturated heterocycles. The van der Waals surface area contributed by atoms with Crippen molar-refractivity contribution in [2.75, 3.05) is 0 Å². The molecule has 2 nitrogen and oxygen atoms in total. The zero-order valence-electron chi connectivity index (χ0n) is 9.40. The van der Waals surface area contributed by atoms with E-state index in [1.165, 1.54) is 14.0 Å². The molecule has 4 heteroatoms. The molecule has 0 bridgehead atoms. The highest BCUT2D eigenvalue weighted by Gasteiger charge is 2.12. The first-order valence-corrected chi connectivity index (χ1v) is 7.50. The fourth-order valence-corrected chi connectivity index (χ4v) is 3.32. The molecular weight excluding hydrogens is 343 g/mol. The Bertz CT molecular complexity index is 456. The Morgan fingerprint density at radius 2 is 2.06 bits per heavy atom. The van der Waals surface area contributed by atoms with Crippen molar-refractivity contribution in [2.45, 2.75) is 18.9 Å². The lowest BCUT2D eigenvalue weighted by atomic mass is 10.0. The van der Waals surface area contributed by atoms with E-state index in [0.717, 1.165) is 12.8 Å². The Kier molecular flexibility index (Phi) is 4.97. The number of rotatable bonds is 5. The monoisotopic (exact) mass is 358 g/mol. The van der Waals surface area contributed by atoms with Crippen molar-refractivity contribution in [3.63, 3.8) is 0 Å². The van der Waals surface area contributed by atoms with Crippen molar-refractivity contribution in [1.29, 1.82) is 0 Å². The minimum Gasteiger partial charge on any atom is -0.271 e. The molecule has 1 aromatic heterocycles. The third kappa shape index (κ3) is 3.51. The van der Waals surface area contributed by atoms with Gasteiger partial charge in [0, 0.05) is 14.5 Å². The van der Waals surface area contributed by atoms with Gasteiger partial charge in [-0.25, -0.2) is 0 Å². The molecule has 0 aliphatic carbocycles. The van der Waals surface area contributed by atoms with Crippen molar-refractivity contribution < 1.29 is 0 Å². The molecule has 1 atom stereocenters. The second-order valence-electron chi connectivity index (χ2n) is 3.86. The van der Waals surface area contributed by atoms with Crippen molar-refractivity contribution in [1.82, 2.24) is 5.43 Å². The topological polar surface area (TPSA) is 38.0 Å². The van der Waals surface area contributed by atoms with E-state index in [0.29, 0.717) is 0 Å². The SMILES string of the molecule is NNC(CCc1cccs1)c1ccccc1I. The molecule has 0 fully saturated rings. The van der Waals surface area contributed by atoms with Crippen LogP contribution in [0.4, 0.5) is 0 Å². The van der Waals surface area contributed by atoms with Gasteiger partial charge in [0.1, 0.15) is 0 Å². The molecule has 0 amide bonds. The van der Waals surface area contributed by atoms with Crippen molar-refractivity contribution >= 4 is 33.9 Å². The maximum Gasteiger partial charge on any atom is 0.0473 e. The van der Waals surface area contributed by atoms with Crippen LogP contribution in [0.5, 0.6) is 0 Å². The Morgan fingerprint density at radius 3 is 2.71 bits per heavy atom. The first kappa shape index (κ1) is 13.0. The summed E-state index contributed by atoms with van der Waals surface area (Å²) in [7, 11) is 0. The maximum absolute atomic E-state index is 5.66. The fraction of sp³-hybridized carbons (Fsp3) is 0.231. The highest BCUT2D eigenvalue weighted by molar-refractivity contribution is 14.1. The zero-order chi connectivity index (χ0) is 12.1. The molecule has 2 aromatic rings. The molecule has 1 unspecified atom stereocenters. The summed E-state index contributed by atoms with van der Waals surface area (Å²) >= 11 is 4.16. The summed E-state index contributed by atoms with van der Waals surface area (Å²) in [6.45, 7) is 0. The molecule has 0 aliphatic heterocycles. The zero-order valence-corrected chi connectivity index (χ0v) is 12.4.